The summed E-state index contributed by atoms with van der Waals surface area (Å²) in [5.74, 6) is 0.692. The Balaban J connectivity index is 2.54. The predicted molar refractivity (Wildman–Crippen MR) is 91.9 cm³/mol. The van der Waals surface area contributed by atoms with Crippen LogP contribution in [0.15, 0.2) is 34.9 Å². The first-order valence-electron chi connectivity index (χ1n) is 8.37. The third-order valence-electron chi connectivity index (χ3n) is 4.86. The Kier molecular flexibility index (Phi) is 6.79. The minimum absolute atomic E-state index is 0.375. The third-order valence-corrected chi connectivity index (χ3v) is 4.86. The molecular weight excluding hydrogens is 240 g/mol. The summed E-state index contributed by atoms with van der Waals surface area (Å²) in [6.45, 7) is 13.8. The normalized spacial score (nSPS) is 21.6. The molecule has 20 heavy (non-hydrogen) atoms. The smallest absolute Gasteiger partial charge is 0.0104 e. The summed E-state index contributed by atoms with van der Waals surface area (Å²) in [6.07, 6.45) is 14.9. The molecule has 0 saturated heterocycles. The molecule has 1 atom stereocenters. The van der Waals surface area contributed by atoms with Crippen LogP contribution in [0.25, 0.3) is 0 Å². The first-order valence-corrected chi connectivity index (χ1v) is 8.37. The molecule has 0 amide bonds. The van der Waals surface area contributed by atoms with E-state index < -0.39 is 0 Å². The van der Waals surface area contributed by atoms with Gasteiger partial charge in [-0.05, 0) is 76.2 Å². The van der Waals surface area contributed by atoms with E-state index in [0.29, 0.717) is 11.3 Å². The predicted octanol–water partition coefficient (Wildman–Crippen LogP) is 6.84. The van der Waals surface area contributed by atoms with Crippen molar-refractivity contribution in [1.29, 1.82) is 0 Å². The summed E-state index contributed by atoms with van der Waals surface area (Å²) in [5, 5.41) is 0. The maximum Gasteiger partial charge on any atom is -0.0104 e. The summed E-state index contributed by atoms with van der Waals surface area (Å²) in [5.41, 5.74) is 5.10. The van der Waals surface area contributed by atoms with Crippen molar-refractivity contribution >= 4 is 0 Å². The fraction of sp³-hybridized carbons (Fsp3) is 0.700. The van der Waals surface area contributed by atoms with Gasteiger partial charge in [0.25, 0.3) is 0 Å². The lowest BCUT2D eigenvalue weighted by Crippen LogP contribution is -2.19. The van der Waals surface area contributed by atoms with E-state index in [2.05, 4.69) is 59.8 Å². The summed E-state index contributed by atoms with van der Waals surface area (Å²) in [6, 6.07) is 0. The van der Waals surface area contributed by atoms with E-state index in [-0.39, 0.29) is 0 Å². The first-order chi connectivity index (χ1) is 9.36. The number of hydrogen-bond acceptors (Lipinski definition) is 0. The molecule has 0 N–H and O–H groups in total. The maximum absolute atomic E-state index is 2.44. The van der Waals surface area contributed by atoms with E-state index in [1.165, 1.54) is 44.1 Å². The molecule has 0 aromatic carbocycles. The van der Waals surface area contributed by atoms with Gasteiger partial charge < -0.3 is 0 Å². The van der Waals surface area contributed by atoms with Crippen molar-refractivity contribution in [3.05, 3.63) is 34.9 Å². The minimum Gasteiger partial charge on any atom is -0.0887 e. The molecule has 1 rings (SSSR count). The van der Waals surface area contributed by atoms with Crippen LogP contribution in [-0.2, 0) is 0 Å². The molecule has 0 spiro atoms. The Morgan fingerprint density at radius 1 is 1.35 bits per heavy atom. The lowest BCUT2D eigenvalue weighted by molar-refractivity contribution is 0.376. The SMILES string of the molecule is C/C=C(\C)CCCC(C)/C=C/C1=C(C)CCCC1(C)C. The largest absolute Gasteiger partial charge is 0.0887 e. The monoisotopic (exact) mass is 274 g/mol. The van der Waals surface area contributed by atoms with Crippen molar-refractivity contribution in [2.75, 3.05) is 0 Å². The van der Waals surface area contributed by atoms with Crippen LogP contribution >= 0.6 is 0 Å². The fourth-order valence-corrected chi connectivity index (χ4v) is 3.21. The quantitative estimate of drug-likeness (QED) is 0.465. The van der Waals surface area contributed by atoms with Gasteiger partial charge in [-0.3, -0.25) is 0 Å². The summed E-state index contributed by atoms with van der Waals surface area (Å²) >= 11 is 0. The number of allylic oxidation sites excluding steroid dienone is 6. The second-order valence-corrected chi connectivity index (χ2v) is 7.30. The van der Waals surface area contributed by atoms with Crippen LogP contribution in [0.2, 0.25) is 0 Å². The van der Waals surface area contributed by atoms with Gasteiger partial charge in [0.1, 0.15) is 0 Å². The van der Waals surface area contributed by atoms with Crippen LogP contribution in [0.4, 0.5) is 0 Å². The fourth-order valence-electron chi connectivity index (χ4n) is 3.21. The van der Waals surface area contributed by atoms with Gasteiger partial charge in [-0.25, -0.2) is 0 Å². The second kappa shape index (κ2) is 7.86. The van der Waals surface area contributed by atoms with Crippen molar-refractivity contribution < 1.29 is 0 Å². The summed E-state index contributed by atoms with van der Waals surface area (Å²) in [4.78, 5) is 0. The first kappa shape index (κ1) is 17.3. The van der Waals surface area contributed by atoms with Gasteiger partial charge in [0.2, 0.25) is 0 Å². The Morgan fingerprint density at radius 2 is 2.05 bits per heavy atom. The highest BCUT2D eigenvalue weighted by Crippen LogP contribution is 2.40. The van der Waals surface area contributed by atoms with Crippen molar-refractivity contribution in [2.24, 2.45) is 11.3 Å². The number of hydrogen-bond donors (Lipinski definition) is 0. The van der Waals surface area contributed by atoms with E-state index in [1.54, 1.807) is 11.1 Å². The van der Waals surface area contributed by atoms with Crippen molar-refractivity contribution in [3.63, 3.8) is 0 Å². The zero-order valence-corrected chi connectivity index (χ0v) is 14.6. The van der Waals surface area contributed by atoms with Crippen molar-refractivity contribution in [3.8, 4) is 0 Å². The van der Waals surface area contributed by atoms with Gasteiger partial charge in [0, 0.05) is 0 Å². The zero-order valence-electron chi connectivity index (χ0n) is 14.6. The molecule has 1 aliphatic carbocycles. The van der Waals surface area contributed by atoms with Crippen molar-refractivity contribution in [2.45, 2.75) is 80.1 Å². The highest BCUT2D eigenvalue weighted by molar-refractivity contribution is 5.32. The molecule has 0 nitrogen and oxygen atoms in total. The van der Waals surface area contributed by atoms with E-state index in [1.807, 2.05) is 0 Å². The molecule has 1 unspecified atom stereocenters. The molecule has 0 fully saturated rings. The van der Waals surface area contributed by atoms with Crippen LogP contribution in [0.5, 0.6) is 0 Å². The maximum atomic E-state index is 2.44. The number of rotatable bonds is 6. The molecule has 0 bridgehead atoms. The Morgan fingerprint density at radius 3 is 2.65 bits per heavy atom. The molecule has 1 aliphatic rings. The van der Waals surface area contributed by atoms with Crippen LogP contribution in [-0.4, -0.2) is 0 Å². The van der Waals surface area contributed by atoms with Gasteiger partial charge in [-0.2, -0.15) is 0 Å². The molecule has 0 aromatic heterocycles. The van der Waals surface area contributed by atoms with E-state index in [9.17, 15) is 0 Å². The highest BCUT2D eigenvalue weighted by Gasteiger charge is 2.26. The van der Waals surface area contributed by atoms with Gasteiger partial charge >= 0.3 is 0 Å². The minimum atomic E-state index is 0.375. The lowest BCUT2D eigenvalue weighted by Gasteiger charge is -2.33. The standard InChI is InChI=1S/C20H34/c1-7-16(2)10-8-11-17(3)13-14-19-18(4)12-9-15-20(19,5)6/h7,13-14,17H,8-12,15H2,1-6H3/b14-13+,16-7+. The Labute approximate surface area is 127 Å². The second-order valence-electron chi connectivity index (χ2n) is 7.30. The van der Waals surface area contributed by atoms with E-state index in [0.717, 1.165) is 0 Å². The zero-order chi connectivity index (χ0) is 15.2. The molecule has 0 heterocycles. The van der Waals surface area contributed by atoms with Gasteiger partial charge in [0.05, 0.1) is 0 Å². The van der Waals surface area contributed by atoms with Crippen molar-refractivity contribution in [1.82, 2.24) is 0 Å². The average Bonchev–Trinajstić information content (AvgIpc) is 2.37. The molecule has 0 aromatic rings. The van der Waals surface area contributed by atoms with Gasteiger partial charge in [-0.15, -0.1) is 0 Å². The van der Waals surface area contributed by atoms with Crippen LogP contribution < -0.4 is 0 Å². The van der Waals surface area contributed by atoms with Crippen LogP contribution in [0.1, 0.15) is 80.1 Å². The molecule has 114 valence electrons. The van der Waals surface area contributed by atoms with Crippen LogP contribution in [0, 0.1) is 11.3 Å². The summed E-state index contributed by atoms with van der Waals surface area (Å²) < 4.78 is 0. The topological polar surface area (TPSA) is 0 Å². The highest BCUT2D eigenvalue weighted by atomic mass is 14.3. The van der Waals surface area contributed by atoms with E-state index in [4.69, 9.17) is 0 Å². The molecule has 0 radical (unpaired) electrons. The Bertz CT molecular complexity index is 390. The van der Waals surface area contributed by atoms with E-state index >= 15 is 0 Å². The Hall–Kier alpha value is -0.780. The molecule has 0 aliphatic heterocycles. The summed E-state index contributed by atoms with van der Waals surface area (Å²) in [7, 11) is 0. The molecule has 0 saturated carbocycles. The average molecular weight is 274 g/mol. The lowest BCUT2D eigenvalue weighted by atomic mass is 9.72. The third kappa shape index (κ3) is 5.31. The molecule has 0 heteroatoms. The van der Waals surface area contributed by atoms with Gasteiger partial charge in [0.15, 0.2) is 0 Å². The van der Waals surface area contributed by atoms with Crippen LogP contribution in [0.3, 0.4) is 0 Å². The van der Waals surface area contributed by atoms with Gasteiger partial charge in [-0.1, -0.05) is 50.1 Å². The molecular formula is C20H34.